The number of halogens is 1. The highest BCUT2D eigenvalue weighted by Crippen LogP contribution is 2.27. The van der Waals surface area contributed by atoms with E-state index in [-0.39, 0.29) is 5.69 Å². The Bertz CT molecular complexity index is 527. The number of nitrogens with zero attached hydrogens (tertiary/aromatic N) is 1. The Morgan fingerprint density at radius 3 is 2.88 bits per heavy atom. The molecule has 0 amide bonds. The maximum Gasteiger partial charge on any atom is 0.357 e. The fourth-order valence-electron chi connectivity index (χ4n) is 1.17. The van der Waals surface area contributed by atoms with E-state index in [4.69, 9.17) is 5.11 Å². The van der Waals surface area contributed by atoms with E-state index in [9.17, 15) is 4.79 Å². The van der Waals surface area contributed by atoms with Crippen LogP contribution in [0.5, 0.6) is 0 Å². The molecule has 6 heteroatoms. The van der Waals surface area contributed by atoms with Gasteiger partial charge in [-0.2, -0.15) is 0 Å². The maximum absolute atomic E-state index is 10.9. The largest absolute Gasteiger partial charge is 0.476 e. The van der Waals surface area contributed by atoms with Gasteiger partial charge in [0.1, 0.15) is 5.00 Å². The lowest BCUT2D eigenvalue weighted by molar-refractivity contribution is 0.0692. The van der Waals surface area contributed by atoms with Crippen molar-refractivity contribution in [2.24, 2.45) is 0 Å². The molecular weight excluding hydrogens is 339 g/mol. The number of rotatable bonds is 3. The van der Waals surface area contributed by atoms with Crippen LogP contribution < -0.4 is 5.32 Å². The molecule has 0 saturated heterocycles. The summed E-state index contributed by atoms with van der Waals surface area (Å²) in [5.41, 5.74) is 2.46. The molecule has 2 aromatic rings. The van der Waals surface area contributed by atoms with Crippen LogP contribution in [0, 0.1) is 3.57 Å². The smallest absolute Gasteiger partial charge is 0.357 e. The quantitative estimate of drug-likeness (QED) is 0.838. The summed E-state index contributed by atoms with van der Waals surface area (Å²) in [5, 5.41) is 12.5. The first-order chi connectivity index (χ1) is 7.68. The molecule has 4 nitrogen and oxygen atoms in total. The Morgan fingerprint density at radius 2 is 2.19 bits per heavy atom. The van der Waals surface area contributed by atoms with Gasteiger partial charge in [0, 0.05) is 3.57 Å². The predicted molar refractivity (Wildman–Crippen MR) is 71.5 cm³/mol. The topological polar surface area (TPSA) is 62.2 Å². The Balaban J connectivity index is 2.31. The van der Waals surface area contributed by atoms with E-state index >= 15 is 0 Å². The van der Waals surface area contributed by atoms with Crippen molar-refractivity contribution < 1.29 is 9.90 Å². The van der Waals surface area contributed by atoms with Gasteiger partial charge in [0.05, 0.1) is 11.2 Å². The van der Waals surface area contributed by atoms with E-state index in [0.29, 0.717) is 5.00 Å². The molecule has 82 valence electrons. The third kappa shape index (κ3) is 2.33. The molecular formula is C10H7IN2O2S. The molecule has 0 aliphatic carbocycles. The van der Waals surface area contributed by atoms with Crippen molar-refractivity contribution in [3.05, 3.63) is 39.0 Å². The minimum atomic E-state index is -1.02. The van der Waals surface area contributed by atoms with Gasteiger partial charge >= 0.3 is 5.97 Å². The molecule has 0 aliphatic heterocycles. The second-order valence-corrected chi connectivity index (χ2v) is 4.96. The van der Waals surface area contributed by atoms with Crippen LogP contribution in [0.1, 0.15) is 10.5 Å². The number of thiazole rings is 1. The van der Waals surface area contributed by atoms with Crippen LogP contribution >= 0.6 is 33.9 Å². The number of benzene rings is 1. The molecule has 0 saturated carbocycles. The van der Waals surface area contributed by atoms with E-state index in [0.717, 1.165) is 9.26 Å². The van der Waals surface area contributed by atoms with E-state index < -0.39 is 5.97 Å². The summed E-state index contributed by atoms with van der Waals surface area (Å²) in [4.78, 5) is 14.7. The normalized spacial score (nSPS) is 10.1. The van der Waals surface area contributed by atoms with Gasteiger partial charge < -0.3 is 10.4 Å². The van der Waals surface area contributed by atoms with Gasteiger partial charge in [0.25, 0.3) is 0 Å². The van der Waals surface area contributed by atoms with Crippen molar-refractivity contribution in [2.75, 3.05) is 5.32 Å². The molecule has 2 N–H and O–H groups in total. The average Bonchev–Trinajstić information content (AvgIpc) is 2.69. The van der Waals surface area contributed by atoms with Crippen LogP contribution in [0.3, 0.4) is 0 Å². The summed E-state index contributed by atoms with van der Waals surface area (Å²) in [6, 6.07) is 7.67. The van der Waals surface area contributed by atoms with Crippen LogP contribution in [0.4, 0.5) is 10.7 Å². The van der Waals surface area contributed by atoms with Crippen LogP contribution in [0.25, 0.3) is 0 Å². The van der Waals surface area contributed by atoms with Crippen LogP contribution in [-0.2, 0) is 0 Å². The minimum Gasteiger partial charge on any atom is -0.476 e. The summed E-state index contributed by atoms with van der Waals surface area (Å²) in [5.74, 6) is -1.02. The summed E-state index contributed by atoms with van der Waals surface area (Å²) in [6.45, 7) is 0. The second kappa shape index (κ2) is 4.79. The molecule has 1 aromatic heterocycles. The number of carboxylic acid groups (broad SMARTS) is 1. The van der Waals surface area contributed by atoms with Gasteiger partial charge in [-0.15, -0.1) is 11.3 Å². The molecule has 16 heavy (non-hydrogen) atoms. The molecule has 0 spiro atoms. The third-order valence-corrected chi connectivity index (χ3v) is 3.57. The Morgan fingerprint density at radius 1 is 1.44 bits per heavy atom. The van der Waals surface area contributed by atoms with Crippen LogP contribution in [0.15, 0.2) is 29.8 Å². The lowest BCUT2D eigenvalue weighted by atomic mass is 10.3. The minimum absolute atomic E-state index is 0.0599. The number of hydrogen-bond donors (Lipinski definition) is 2. The standard InChI is InChI=1S/C10H7IN2O2S/c11-6-3-1-2-4-7(6)13-9-8(10(14)15)12-5-16-9/h1-5,13H,(H,14,15). The highest BCUT2D eigenvalue weighted by molar-refractivity contribution is 14.1. The number of carboxylic acids is 1. The van der Waals surface area contributed by atoms with Gasteiger partial charge in [0.2, 0.25) is 0 Å². The Hall–Kier alpha value is -1.15. The molecule has 1 aromatic carbocycles. The molecule has 0 bridgehead atoms. The number of hydrogen-bond acceptors (Lipinski definition) is 4. The van der Waals surface area contributed by atoms with Crippen molar-refractivity contribution in [1.82, 2.24) is 4.98 Å². The van der Waals surface area contributed by atoms with Crippen molar-refractivity contribution in [1.29, 1.82) is 0 Å². The van der Waals surface area contributed by atoms with Crippen molar-refractivity contribution in [3.8, 4) is 0 Å². The van der Waals surface area contributed by atoms with Gasteiger partial charge in [-0.05, 0) is 34.7 Å². The third-order valence-electron chi connectivity index (χ3n) is 1.89. The summed E-state index contributed by atoms with van der Waals surface area (Å²) < 4.78 is 1.03. The fraction of sp³-hybridized carbons (Fsp3) is 0. The van der Waals surface area contributed by atoms with Gasteiger partial charge in [-0.1, -0.05) is 12.1 Å². The first-order valence-corrected chi connectivity index (χ1v) is 6.32. The molecule has 0 aliphatic rings. The monoisotopic (exact) mass is 346 g/mol. The van der Waals surface area contributed by atoms with Gasteiger partial charge in [-0.3, -0.25) is 0 Å². The molecule has 1 heterocycles. The summed E-state index contributed by atoms with van der Waals surface area (Å²) >= 11 is 3.46. The predicted octanol–water partition coefficient (Wildman–Crippen LogP) is 3.19. The number of nitrogens with one attached hydrogen (secondary N) is 1. The first-order valence-electron chi connectivity index (χ1n) is 4.37. The van der Waals surface area contributed by atoms with Crippen molar-refractivity contribution in [2.45, 2.75) is 0 Å². The number of para-hydroxylation sites is 1. The van der Waals surface area contributed by atoms with E-state index in [1.165, 1.54) is 16.8 Å². The zero-order valence-electron chi connectivity index (χ0n) is 7.98. The number of aromatic nitrogens is 1. The van der Waals surface area contributed by atoms with E-state index in [1.54, 1.807) is 0 Å². The van der Waals surface area contributed by atoms with Crippen molar-refractivity contribution in [3.63, 3.8) is 0 Å². The lowest BCUT2D eigenvalue weighted by Crippen LogP contribution is -2.01. The maximum atomic E-state index is 10.9. The van der Waals surface area contributed by atoms with E-state index in [2.05, 4.69) is 32.9 Å². The molecule has 0 radical (unpaired) electrons. The SMILES string of the molecule is O=C(O)c1ncsc1Nc1ccccc1I. The van der Waals surface area contributed by atoms with Gasteiger partial charge in [-0.25, -0.2) is 9.78 Å². The molecule has 0 unspecified atom stereocenters. The van der Waals surface area contributed by atoms with Crippen LogP contribution in [0.2, 0.25) is 0 Å². The highest BCUT2D eigenvalue weighted by Gasteiger charge is 2.13. The number of carbonyl (C=O) groups is 1. The molecule has 0 atom stereocenters. The van der Waals surface area contributed by atoms with Crippen molar-refractivity contribution >= 4 is 50.6 Å². The fourth-order valence-corrected chi connectivity index (χ4v) is 2.38. The van der Waals surface area contributed by atoms with Gasteiger partial charge in [0.15, 0.2) is 5.69 Å². The zero-order valence-corrected chi connectivity index (χ0v) is 10.9. The number of anilines is 2. The molecule has 2 rings (SSSR count). The Kier molecular flexibility index (Phi) is 3.39. The first kappa shape index (κ1) is 11.3. The van der Waals surface area contributed by atoms with E-state index in [1.807, 2.05) is 24.3 Å². The summed E-state index contributed by atoms with van der Waals surface area (Å²) in [6.07, 6.45) is 0. The average molecular weight is 346 g/mol. The Labute approximate surface area is 109 Å². The zero-order chi connectivity index (χ0) is 11.5. The highest BCUT2D eigenvalue weighted by atomic mass is 127. The lowest BCUT2D eigenvalue weighted by Gasteiger charge is -2.06. The summed E-state index contributed by atoms with van der Waals surface area (Å²) in [7, 11) is 0. The van der Waals surface area contributed by atoms with Crippen LogP contribution in [-0.4, -0.2) is 16.1 Å². The second-order valence-electron chi connectivity index (χ2n) is 2.94. The number of aromatic carboxylic acids is 1. The molecule has 0 fully saturated rings.